The fourth-order valence-electron chi connectivity index (χ4n) is 6.39. The van der Waals surface area contributed by atoms with Crippen molar-refractivity contribution in [3.8, 4) is 23.0 Å². The predicted molar refractivity (Wildman–Crippen MR) is 176 cm³/mol. The highest BCUT2D eigenvalue weighted by molar-refractivity contribution is 9.10. The molecule has 0 spiro atoms. The van der Waals surface area contributed by atoms with Crippen molar-refractivity contribution in [2.75, 3.05) is 13.2 Å². The zero-order valence-electron chi connectivity index (χ0n) is 25.7. The van der Waals surface area contributed by atoms with Crippen LogP contribution in [-0.4, -0.2) is 24.8 Å². The third-order valence-corrected chi connectivity index (χ3v) is 8.97. The van der Waals surface area contributed by atoms with Gasteiger partial charge in [-0.25, -0.2) is 0 Å². The number of benzene rings is 3. The first-order valence-corrected chi connectivity index (χ1v) is 16.6. The lowest BCUT2D eigenvalue weighted by molar-refractivity contribution is -0.117. The zero-order chi connectivity index (χ0) is 31.3. The van der Waals surface area contributed by atoms with Crippen LogP contribution in [0.5, 0.6) is 23.0 Å². The molecule has 0 amide bonds. The van der Waals surface area contributed by atoms with Crippen LogP contribution < -0.4 is 24.3 Å². The van der Waals surface area contributed by atoms with E-state index in [1.807, 2.05) is 74.5 Å². The number of ether oxygens (including phenoxy) is 4. The molecular weight excluding hydrogens is 634 g/mol. The summed E-state index contributed by atoms with van der Waals surface area (Å²) < 4.78 is 25.1. The summed E-state index contributed by atoms with van der Waals surface area (Å²) >= 11 is 3.74. The number of hydrogen-bond acceptors (Lipinski definition) is 7. The van der Waals surface area contributed by atoms with Gasteiger partial charge in [-0.15, -0.1) is 0 Å². The maximum atomic E-state index is 13.3. The van der Waals surface area contributed by atoms with Crippen LogP contribution in [0.1, 0.15) is 75.0 Å². The van der Waals surface area contributed by atoms with Gasteiger partial charge in [0.25, 0.3) is 0 Å². The number of dihydropyridines is 1. The first-order chi connectivity index (χ1) is 22.0. The number of hydrogen-bond donors (Lipinski definition) is 1. The van der Waals surface area contributed by atoms with Crippen molar-refractivity contribution in [3.63, 3.8) is 0 Å². The van der Waals surface area contributed by atoms with Crippen molar-refractivity contribution >= 4 is 27.5 Å². The quantitative estimate of drug-likeness (QED) is 0.220. The van der Waals surface area contributed by atoms with Crippen molar-refractivity contribution in [3.05, 3.63) is 104 Å². The van der Waals surface area contributed by atoms with E-state index in [4.69, 9.17) is 18.9 Å². The molecule has 0 fully saturated rings. The number of carbonyl (C=O) groups is 2. The Morgan fingerprint density at radius 2 is 1.33 bits per heavy atom. The zero-order valence-corrected chi connectivity index (χ0v) is 27.3. The number of nitrogens with one attached hydrogen (secondary N) is 1. The Morgan fingerprint density at radius 1 is 0.689 bits per heavy atom. The maximum absolute atomic E-state index is 13.3. The van der Waals surface area contributed by atoms with Crippen LogP contribution in [0.25, 0.3) is 0 Å². The van der Waals surface area contributed by atoms with E-state index in [0.717, 1.165) is 64.9 Å². The summed E-state index contributed by atoms with van der Waals surface area (Å²) in [6, 6.07) is 19.7. The third kappa shape index (κ3) is 6.66. The van der Waals surface area contributed by atoms with Crippen molar-refractivity contribution in [2.24, 2.45) is 0 Å². The second-order valence-electron chi connectivity index (χ2n) is 11.4. The van der Waals surface area contributed by atoms with E-state index in [-0.39, 0.29) is 18.2 Å². The summed E-state index contributed by atoms with van der Waals surface area (Å²) in [5.41, 5.74) is 6.19. The second kappa shape index (κ2) is 13.9. The van der Waals surface area contributed by atoms with Crippen LogP contribution in [0.4, 0.5) is 0 Å². The molecule has 0 saturated heterocycles. The summed E-state index contributed by atoms with van der Waals surface area (Å²) in [7, 11) is 0. The topological polar surface area (TPSA) is 83.1 Å². The highest BCUT2D eigenvalue weighted by atomic mass is 79.9. The van der Waals surface area contributed by atoms with Crippen LogP contribution in [0.3, 0.4) is 0 Å². The van der Waals surface area contributed by atoms with Crippen molar-refractivity contribution in [1.82, 2.24) is 5.32 Å². The number of rotatable bonds is 11. The highest BCUT2D eigenvalue weighted by Gasteiger charge is 2.40. The number of Topliss-reactive ketones (excluding diaryl/α,β-unsaturated/α-hetero) is 2. The van der Waals surface area contributed by atoms with E-state index in [9.17, 15) is 9.59 Å². The van der Waals surface area contributed by atoms with Gasteiger partial charge >= 0.3 is 0 Å². The van der Waals surface area contributed by atoms with Gasteiger partial charge in [-0.1, -0.05) is 36.4 Å². The minimum atomic E-state index is -0.418. The molecule has 45 heavy (non-hydrogen) atoms. The predicted octanol–water partition coefficient (Wildman–Crippen LogP) is 8.11. The van der Waals surface area contributed by atoms with E-state index in [1.54, 1.807) is 0 Å². The Hall–Kier alpha value is -4.04. The molecule has 0 bridgehead atoms. The van der Waals surface area contributed by atoms with E-state index in [1.165, 1.54) is 0 Å². The van der Waals surface area contributed by atoms with E-state index >= 15 is 0 Å². The monoisotopic (exact) mass is 671 g/mol. The molecule has 1 N–H and O–H groups in total. The molecule has 0 atom stereocenters. The Labute approximate surface area is 272 Å². The molecule has 1 heterocycles. The minimum absolute atomic E-state index is 0.106. The Morgan fingerprint density at radius 3 is 2.00 bits per heavy atom. The van der Waals surface area contributed by atoms with Crippen LogP contribution >= 0.6 is 15.9 Å². The Kier molecular flexibility index (Phi) is 9.59. The first kappa shape index (κ1) is 31.0. The SMILES string of the molecule is CCOc1cc(COc2c(Br)cc(C3C4=C(CCCC4=O)NC4=C3C(=O)CCC4)cc2OCC)ccc1OCc1ccccc1. The lowest BCUT2D eigenvalue weighted by Crippen LogP contribution is -2.36. The molecule has 0 aromatic heterocycles. The van der Waals surface area contributed by atoms with Crippen LogP contribution in [0.15, 0.2) is 87.7 Å². The summed E-state index contributed by atoms with van der Waals surface area (Å²) in [5.74, 6) is 2.24. The summed E-state index contributed by atoms with van der Waals surface area (Å²) in [5, 5.41) is 3.49. The van der Waals surface area contributed by atoms with Gasteiger partial charge in [0.15, 0.2) is 34.6 Å². The van der Waals surface area contributed by atoms with Crippen LogP contribution in [0, 0.1) is 0 Å². The number of allylic oxidation sites excluding steroid dienone is 4. The first-order valence-electron chi connectivity index (χ1n) is 15.8. The second-order valence-corrected chi connectivity index (χ2v) is 12.3. The molecule has 1 aliphatic heterocycles. The molecule has 3 aromatic rings. The van der Waals surface area contributed by atoms with Crippen molar-refractivity contribution < 1.29 is 28.5 Å². The number of carbonyl (C=O) groups excluding carboxylic acids is 2. The summed E-state index contributed by atoms with van der Waals surface area (Å²) in [6.45, 7) is 5.52. The number of halogens is 1. The maximum Gasteiger partial charge on any atom is 0.175 e. The van der Waals surface area contributed by atoms with Gasteiger partial charge in [-0.3, -0.25) is 9.59 Å². The molecule has 0 radical (unpaired) electrons. The van der Waals surface area contributed by atoms with Gasteiger partial charge < -0.3 is 24.3 Å². The minimum Gasteiger partial charge on any atom is -0.490 e. The molecule has 7 nitrogen and oxygen atoms in total. The fourth-order valence-corrected chi connectivity index (χ4v) is 6.97. The molecule has 8 heteroatoms. The van der Waals surface area contributed by atoms with Crippen LogP contribution in [-0.2, 0) is 22.8 Å². The lowest BCUT2D eigenvalue weighted by atomic mass is 9.71. The fraction of sp³-hybridized carbons (Fsp3) is 0.351. The van der Waals surface area contributed by atoms with Gasteiger partial charge in [0.1, 0.15) is 13.2 Å². The molecule has 3 aliphatic rings. The van der Waals surface area contributed by atoms with Crippen LogP contribution in [0.2, 0.25) is 0 Å². The largest absolute Gasteiger partial charge is 0.490 e. The van der Waals surface area contributed by atoms with Crippen molar-refractivity contribution in [2.45, 2.75) is 71.5 Å². The van der Waals surface area contributed by atoms with Gasteiger partial charge in [0.05, 0.1) is 17.7 Å². The average molecular weight is 673 g/mol. The number of ketones is 2. The van der Waals surface area contributed by atoms with Crippen molar-refractivity contribution in [1.29, 1.82) is 0 Å². The third-order valence-electron chi connectivity index (χ3n) is 8.38. The molecule has 234 valence electrons. The normalized spacial score (nSPS) is 16.6. The molecule has 6 rings (SSSR count). The standard InChI is InChI=1S/C37H38BrNO6/c1-3-42-32-18-24(16-17-31(32)44-21-23-10-6-5-7-11-23)22-45-37-26(38)19-25(20-33(37)43-4-2)34-35-27(12-8-14-29(35)40)39-28-13-9-15-30(41)36(28)34/h5-7,10-11,16-20,34,39H,3-4,8-9,12-15,21-22H2,1-2H3. The molecule has 0 saturated carbocycles. The van der Waals surface area contributed by atoms with Gasteiger partial charge in [0, 0.05) is 41.3 Å². The molecule has 3 aromatic carbocycles. The molecule has 2 aliphatic carbocycles. The smallest absolute Gasteiger partial charge is 0.175 e. The summed E-state index contributed by atoms with van der Waals surface area (Å²) in [4.78, 5) is 26.6. The lowest BCUT2D eigenvalue weighted by Gasteiger charge is -2.37. The van der Waals surface area contributed by atoms with E-state index in [0.29, 0.717) is 60.1 Å². The summed E-state index contributed by atoms with van der Waals surface area (Å²) in [6.07, 6.45) is 4.24. The Balaban J connectivity index is 1.28. The molecule has 0 unspecified atom stereocenters. The Bertz CT molecular complexity index is 1620. The highest BCUT2D eigenvalue weighted by Crippen LogP contribution is 2.48. The van der Waals surface area contributed by atoms with E-state index in [2.05, 4.69) is 21.2 Å². The van der Waals surface area contributed by atoms with Gasteiger partial charge in [-0.05, 0) is 96.4 Å². The van der Waals surface area contributed by atoms with E-state index < -0.39 is 5.92 Å². The molecular formula is C37H38BrNO6. The van der Waals surface area contributed by atoms with Gasteiger partial charge in [0.2, 0.25) is 0 Å². The average Bonchev–Trinajstić information content (AvgIpc) is 3.04. The van der Waals surface area contributed by atoms with Gasteiger partial charge in [-0.2, -0.15) is 0 Å².